The lowest BCUT2D eigenvalue weighted by atomic mass is 10.1. The van der Waals surface area contributed by atoms with Crippen molar-refractivity contribution in [2.75, 3.05) is 5.32 Å². The predicted octanol–water partition coefficient (Wildman–Crippen LogP) is 5.66. The largest absolute Gasteiger partial charge is 0.356 e. The third kappa shape index (κ3) is 3.32. The van der Waals surface area contributed by atoms with E-state index in [1.54, 1.807) is 0 Å². The summed E-state index contributed by atoms with van der Waals surface area (Å²) in [5.74, 6) is 0. The zero-order chi connectivity index (χ0) is 14.5. The summed E-state index contributed by atoms with van der Waals surface area (Å²) in [6, 6.07) is 27.6. The Hall–Kier alpha value is -2.54. The molecule has 0 aliphatic rings. The number of rotatable bonds is 4. The lowest BCUT2D eigenvalue weighted by Gasteiger charge is -2.09. The van der Waals surface area contributed by atoms with Crippen LogP contribution in [0.3, 0.4) is 0 Å². The molecule has 0 saturated heterocycles. The molecular weight excluding hydrogens is 254 g/mol. The van der Waals surface area contributed by atoms with Crippen LogP contribution in [0.1, 0.15) is 12.5 Å². The van der Waals surface area contributed by atoms with Crippen LogP contribution in [0.15, 0.2) is 78.9 Å². The van der Waals surface area contributed by atoms with Crippen molar-refractivity contribution in [2.24, 2.45) is 0 Å². The third-order valence-corrected chi connectivity index (χ3v) is 3.62. The van der Waals surface area contributed by atoms with Crippen molar-refractivity contribution < 1.29 is 0 Å². The van der Waals surface area contributed by atoms with Crippen LogP contribution >= 0.6 is 0 Å². The topological polar surface area (TPSA) is 12.0 Å². The highest BCUT2D eigenvalue weighted by molar-refractivity contribution is 5.70. The van der Waals surface area contributed by atoms with Crippen molar-refractivity contribution in [1.82, 2.24) is 0 Å². The first-order chi connectivity index (χ1) is 10.3. The van der Waals surface area contributed by atoms with Crippen LogP contribution in [0.2, 0.25) is 0 Å². The van der Waals surface area contributed by atoms with Crippen LogP contribution in [0.25, 0.3) is 11.1 Å². The van der Waals surface area contributed by atoms with Crippen LogP contribution in [-0.4, -0.2) is 0 Å². The van der Waals surface area contributed by atoms with E-state index in [0.29, 0.717) is 0 Å². The molecule has 0 fully saturated rings. The highest BCUT2D eigenvalue weighted by Gasteiger charge is 1.99. The average Bonchev–Trinajstić information content (AvgIpc) is 2.57. The molecule has 1 nitrogen and oxygen atoms in total. The zero-order valence-electron chi connectivity index (χ0n) is 12.2. The van der Waals surface area contributed by atoms with E-state index in [-0.39, 0.29) is 0 Å². The van der Waals surface area contributed by atoms with Crippen LogP contribution in [0.5, 0.6) is 0 Å². The Labute approximate surface area is 126 Å². The Morgan fingerprint density at radius 1 is 0.667 bits per heavy atom. The van der Waals surface area contributed by atoms with Crippen molar-refractivity contribution >= 4 is 11.4 Å². The van der Waals surface area contributed by atoms with E-state index in [4.69, 9.17) is 0 Å². The summed E-state index contributed by atoms with van der Waals surface area (Å²) < 4.78 is 0. The number of hydrogen-bond donors (Lipinski definition) is 1. The molecule has 0 atom stereocenters. The molecule has 0 aromatic heterocycles. The van der Waals surface area contributed by atoms with E-state index in [1.165, 1.54) is 16.7 Å². The molecule has 3 aromatic carbocycles. The number of aryl methyl sites for hydroxylation is 1. The first kappa shape index (κ1) is 13.4. The lowest BCUT2D eigenvalue weighted by Crippen LogP contribution is -1.91. The minimum atomic E-state index is 1.07. The van der Waals surface area contributed by atoms with Gasteiger partial charge in [-0.25, -0.2) is 0 Å². The van der Waals surface area contributed by atoms with Crippen molar-refractivity contribution in [3.05, 3.63) is 84.4 Å². The maximum absolute atomic E-state index is 3.47. The minimum Gasteiger partial charge on any atom is -0.356 e. The molecule has 0 amide bonds. The van der Waals surface area contributed by atoms with Gasteiger partial charge in [0.15, 0.2) is 0 Å². The van der Waals surface area contributed by atoms with Gasteiger partial charge in [0.1, 0.15) is 0 Å². The molecule has 104 valence electrons. The molecule has 1 N–H and O–H groups in total. The van der Waals surface area contributed by atoms with Crippen LogP contribution in [0, 0.1) is 0 Å². The van der Waals surface area contributed by atoms with Crippen molar-refractivity contribution in [1.29, 1.82) is 0 Å². The molecule has 0 heterocycles. The van der Waals surface area contributed by atoms with Crippen molar-refractivity contribution in [3.8, 4) is 11.1 Å². The number of anilines is 2. The molecule has 0 aliphatic carbocycles. The van der Waals surface area contributed by atoms with Gasteiger partial charge < -0.3 is 5.32 Å². The van der Waals surface area contributed by atoms with Gasteiger partial charge in [-0.1, -0.05) is 61.5 Å². The molecule has 0 aliphatic heterocycles. The maximum atomic E-state index is 3.47. The first-order valence-corrected chi connectivity index (χ1v) is 7.36. The van der Waals surface area contributed by atoms with E-state index < -0.39 is 0 Å². The van der Waals surface area contributed by atoms with E-state index >= 15 is 0 Å². The van der Waals surface area contributed by atoms with Gasteiger partial charge in [-0.3, -0.25) is 0 Å². The van der Waals surface area contributed by atoms with Crippen molar-refractivity contribution in [2.45, 2.75) is 13.3 Å². The second kappa shape index (κ2) is 6.27. The van der Waals surface area contributed by atoms with Crippen LogP contribution < -0.4 is 5.32 Å². The molecule has 0 spiro atoms. The fourth-order valence-electron chi connectivity index (χ4n) is 2.40. The smallest absolute Gasteiger partial charge is 0.0390 e. The summed E-state index contributed by atoms with van der Waals surface area (Å²) in [5.41, 5.74) is 6.06. The predicted molar refractivity (Wildman–Crippen MR) is 91.0 cm³/mol. The Bertz CT molecular complexity index is 699. The normalized spacial score (nSPS) is 10.3. The van der Waals surface area contributed by atoms with Gasteiger partial charge in [0.2, 0.25) is 0 Å². The maximum Gasteiger partial charge on any atom is 0.0390 e. The summed E-state index contributed by atoms with van der Waals surface area (Å²) in [6.07, 6.45) is 1.07. The van der Waals surface area contributed by atoms with Crippen LogP contribution in [0.4, 0.5) is 11.4 Å². The molecule has 0 unspecified atom stereocenters. The van der Waals surface area contributed by atoms with Crippen molar-refractivity contribution in [3.63, 3.8) is 0 Å². The van der Waals surface area contributed by atoms with Gasteiger partial charge >= 0.3 is 0 Å². The van der Waals surface area contributed by atoms with Gasteiger partial charge in [-0.15, -0.1) is 0 Å². The summed E-state index contributed by atoms with van der Waals surface area (Å²) in [7, 11) is 0. The molecule has 21 heavy (non-hydrogen) atoms. The third-order valence-electron chi connectivity index (χ3n) is 3.62. The Morgan fingerprint density at radius 3 is 2.10 bits per heavy atom. The van der Waals surface area contributed by atoms with Gasteiger partial charge in [0, 0.05) is 11.4 Å². The van der Waals surface area contributed by atoms with E-state index in [0.717, 1.165) is 17.8 Å². The van der Waals surface area contributed by atoms with E-state index in [2.05, 4.69) is 85.0 Å². The minimum absolute atomic E-state index is 1.07. The summed E-state index contributed by atoms with van der Waals surface area (Å²) >= 11 is 0. The van der Waals surface area contributed by atoms with Gasteiger partial charge in [-0.05, 0) is 47.4 Å². The van der Waals surface area contributed by atoms with E-state index in [1.807, 2.05) is 6.07 Å². The fourth-order valence-corrected chi connectivity index (χ4v) is 2.40. The second-order valence-electron chi connectivity index (χ2n) is 5.12. The summed E-state index contributed by atoms with van der Waals surface area (Å²) in [4.78, 5) is 0. The monoisotopic (exact) mass is 273 g/mol. The van der Waals surface area contributed by atoms with Gasteiger partial charge in [0.05, 0.1) is 0 Å². The number of nitrogens with one attached hydrogen (secondary N) is 1. The highest BCUT2D eigenvalue weighted by atomic mass is 14.9. The number of benzene rings is 3. The Balaban J connectivity index is 1.83. The SMILES string of the molecule is CCc1ccc(Nc2cccc(-c3ccccc3)c2)cc1. The molecule has 0 saturated carbocycles. The molecule has 1 heteroatoms. The van der Waals surface area contributed by atoms with Crippen LogP contribution in [-0.2, 0) is 6.42 Å². The molecule has 0 bridgehead atoms. The lowest BCUT2D eigenvalue weighted by molar-refractivity contribution is 1.14. The molecule has 3 rings (SSSR count). The zero-order valence-corrected chi connectivity index (χ0v) is 12.2. The van der Waals surface area contributed by atoms with E-state index in [9.17, 15) is 0 Å². The fraction of sp³-hybridized carbons (Fsp3) is 0.100. The van der Waals surface area contributed by atoms with Gasteiger partial charge in [-0.2, -0.15) is 0 Å². The molecular formula is C20H19N. The Kier molecular flexibility index (Phi) is 4.02. The first-order valence-electron chi connectivity index (χ1n) is 7.36. The van der Waals surface area contributed by atoms with Gasteiger partial charge in [0.25, 0.3) is 0 Å². The summed E-state index contributed by atoms with van der Waals surface area (Å²) in [5, 5.41) is 3.47. The highest BCUT2D eigenvalue weighted by Crippen LogP contribution is 2.24. The standard InChI is InChI=1S/C20H19N/c1-2-16-11-13-19(14-12-16)21-20-10-6-9-18(15-20)17-7-4-3-5-8-17/h3-15,21H,2H2,1H3. The second-order valence-corrected chi connectivity index (χ2v) is 5.12. The molecule has 0 radical (unpaired) electrons. The molecule has 3 aromatic rings. The number of hydrogen-bond acceptors (Lipinski definition) is 1. The summed E-state index contributed by atoms with van der Waals surface area (Å²) in [6.45, 7) is 2.17. The Morgan fingerprint density at radius 2 is 1.38 bits per heavy atom. The quantitative estimate of drug-likeness (QED) is 0.646. The average molecular weight is 273 g/mol.